The van der Waals surface area contributed by atoms with Crippen molar-refractivity contribution < 1.29 is 47.1 Å². The number of imide groups is 1. The molecule has 3 atom stereocenters. The molecule has 8 N–H and O–H groups in total. The number of hydrogen-bond acceptors (Lipinski definition) is 12. The third-order valence-electron chi connectivity index (χ3n) is 12.5. The molecule has 3 heterocycles. The summed E-state index contributed by atoms with van der Waals surface area (Å²) in [5.41, 5.74) is 7.14. The van der Waals surface area contributed by atoms with E-state index in [4.69, 9.17) is 15.5 Å². The highest BCUT2D eigenvalue weighted by atomic mass is 32.1. The third-order valence-corrected chi connectivity index (χ3v) is 13.4. The van der Waals surface area contributed by atoms with E-state index in [9.17, 15) is 38.0 Å². The van der Waals surface area contributed by atoms with Crippen LogP contribution in [0.25, 0.3) is 11.3 Å². The fraction of sp³-hybridized carbons (Fsp3) is 0.375. The monoisotopic (exact) mass is 1090 g/mol. The highest BCUT2D eigenvalue weighted by molar-refractivity contribution is 7.09. The summed E-state index contributed by atoms with van der Waals surface area (Å²) in [6.07, 6.45) is 6.23. The summed E-state index contributed by atoms with van der Waals surface area (Å²) in [6, 6.07) is 16.2. The topological polar surface area (TPSA) is 261 Å². The van der Waals surface area contributed by atoms with Gasteiger partial charge in [-0.05, 0) is 85.1 Å². The molecule has 19 nitrogen and oxygen atoms in total. The molecular formula is C56H67F2N11O8S. The van der Waals surface area contributed by atoms with E-state index in [-0.39, 0.29) is 85.6 Å². The van der Waals surface area contributed by atoms with Crippen LogP contribution in [0.1, 0.15) is 112 Å². The van der Waals surface area contributed by atoms with Crippen LogP contribution in [0.5, 0.6) is 0 Å². The number of anilines is 1. The Bertz CT molecular complexity index is 2960. The Labute approximate surface area is 455 Å². The summed E-state index contributed by atoms with van der Waals surface area (Å²) in [4.78, 5) is 99.4. The average Bonchev–Trinajstić information content (AvgIpc) is 4.24. The average molecular weight is 1090 g/mol. The van der Waals surface area contributed by atoms with Gasteiger partial charge in [-0.1, -0.05) is 83.5 Å². The number of benzene rings is 3. The Morgan fingerprint density at radius 1 is 0.833 bits per heavy atom. The minimum Gasteiger partial charge on any atom is -0.475 e. The minimum atomic E-state index is -1.05. The van der Waals surface area contributed by atoms with Crippen molar-refractivity contribution in [3.05, 3.63) is 148 Å². The first kappa shape index (κ1) is 59.0. The van der Waals surface area contributed by atoms with E-state index in [2.05, 4.69) is 43.5 Å². The second-order valence-corrected chi connectivity index (χ2v) is 21.1. The molecule has 0 saturated heterocycles. The van der Waals surface area contributed by atoms with Crippen molar-refractivity contribution in [1.29, 1.82) is 0 Å². The molecule has 414 valence electrons. The van der Waals surface area contributed by atoms with Crippen LogP contribution in [0, 0.1) is 23.0 Å². The van der Waals surface area contributed by atoms with E-state index >= 15 is 4.39 Å². The quantitative estimate of drug-likeness (QED) is 0.0151. The van der Waals surface area contributed by atoms with Gasteiger partial charge < -0.3 is 46.9 Å². The number of unbranched alkanes of at least 4 members (excludes halogenated alkanes) is 2. The fourth-order valence-electron chi connectivity index (χ4n) is 8.28. The Morgan fingerprint density at radius 2 is 1.55 bits per heavy atom. The number of nitrogens with zero attached hydrogens (tertiary/aromatic N) is 4. The lowest BCUT2D eigenvalue weighted by Crippen LogP contribution is -2.54. The molecular weight excluding hydrogens is 1020 g/mol. The summed E-state index contributed by atoms with van der Waals surface area (Å²) in [6.45, 7) is 14.4. The van der Waals surface area contributed by atoms with Crippen LogP contribution < -0.4 is 37.6 Å². The number of halogens is 2. The Hall–Kier alpha value is -8.27. The highest BCUT2D eigenvalue weighted by Gasteiger charge is 2.34. The molecule has 0 radical (unpaired) electrons. The van der Waals surface area contributed by atoms with Gasteiger partial charge in [0.25, 0.3) is 17.7 Å². The van der Waals surface area contributed by atoms with Crippen molar-refractivity contribution in [3.8, 4) is 11.3 Å². The smallest absolute Gasteiger partial charge is 0.312 e. The van der Waals surface area contributed by atoms with Crippen molar-refractivity contribution >= 4 is 58.5 Å². The molecule has 1 aliphatic heterocycles. The first-order chi connectivity index (χ1) is 37.1. The molecule has 0 saturated carbocycles. The number of primary amides is 1. The largest absolute Gasteiger partial charge is 0.475 e. The molecule has 6 rings (SSSR count). The maximum Gasteiger partial charge on any atom is 0.312 e. The summed E-state index contributed by atoms with van der Waals surface area (Å²) in [5, 5.41) is 19.2. The number of carbonyl (C=O) groups excluding carboxylic acids is 7. The molecule has 5 aromatic rings. The Kier molecular flexibility index (Phi) is 20.9. The number of nitrogens with one attached hydrogen (secondary N) is 6. The molecule has 0 unspecified atom stereocenters. The molecule has 0 fully saturated rings. The van der Waals surface area contributed by atoms with Crippen LogP contribution in [0.3, 0.4) is 0 Å². The second kappa shape index (κ2) is 27.7. The zero-order valence-electron chi connectivity index (χ0n) is 44.3. The number of hydrogen-bond donors (Lipinski definition) is 7. The van der Waals surface area contributed by atoms with Crippen molar-refractivity contribution in [2.45, 2.75) is 111 Å². The summed E-state index contributed by atoms with van der Waals surface area (Å²) in [5.74, 6) is -3.50. The minimum absolute atomic E-state index is 0.000810. The predicted octanol–water partition coefficient (Wildman–Crippen LogP) is 7.13. The normalized spacial score (nSPS) is 13.4. The van der Waals surface area contributed by atoms with Gasteiger partial charge in [-0.15, -0.1) is 11.3 Å². The number of imidazole rings is 1. The number of urea groups is 1. The van der Waals surface area contributed by atoms with Crippen LogP contribution in [0.2, 0.25) is 0 Å². The van der Waals surface area contributed by atoms with Crippen LogP contribution in [0.4, 0.5) is 19.3 Å². The molecule has 78 heavy (non-hydrogen) atoms. The van der Waals surface area contributed by atoms with Crippen molar-refractivity contribution in [1.82, 2.24) is 46.0 Å². The van der Waals surface area contributed by atoms with Gasteiger partial charge in [0.15, 0.2) is 5.88 Å². The van der Waals surface area contributed by atoms with Gasteiger partial charge in [0, 0.05) is 61.0 Å². The van der Waals surface area contributed by atoms with Crippen LogP contribution in [-0.4, -0.2) is 86.1 Å². The van der Waals surface area contributed by atoms with E-state index in [1.165, 1.54) is 23.5 Å². The Morgan fingerprint density at radius 3 is 2.23 bits per heavy atom. The molecule has 22 heteroatoms. The maximum absolute atomic E-state index is 15.0. The number of nitrogens with two attached hydrogens (primary N) is 1. The highest BCUT2D eigenvalue weighted by Crippen LogP contribution is 2.35. The molecule has 8 amide bonds. The van der Waals surface area contributed by atoms with E-state index < -0.39 is 58.9 Å². The zero-order valence-corrected chi connectivity index (χ0v) is 45.1. The van der Waals surface area contributed by atoms with Gasteiger partial charge in [-0.2, -0.15) is 0 Å². The first-order valence-corrected chi connectivity index (χ1v) is 26.5. The Balaban J connectivity index is 0.992. The summed E-state index contributed by atoms with van der Waals surface area (Å²) >= 11 is 1.26. The number of carbonyl (C=O) groups is 7. The van der Waals surface area contributed by atoms with Crippen LogP contribution >= 0.6 is 11.3 Å². The fourth-order valence-corrected chi connectivity index (χ4v) is 9.00. The van der Waals surface area contributed by atoms with Crippen molar-refractivity contribution in [3.63, 3.8) is 0 Å². The lowest BCUT2D eigenvalue weighted by atomic mass is 9.86. The second-order valence-electron chi connectivity index (χ2n) is 20.1. The van der Waals surface area contributed by atoms with Crippen molar-refractivity contribution in [2.75, 3.05) is 18.4 Å². The first-order valence-electron chi connectivity index (χ1n) is 25.6. The number of aromatic nitrogens is 3. The van der Waals surface area contributed by atoms with Gasteiger partial charge in [0.2, 0.25) is 17.7 Å². The van der Waals surface area contributed by atoms with E-state index in [0.717, 1.165) is 34.2 Å². The third kappa shape index (κ3) is 17.4. The van der Waals surface area contributed by atoms with Gasteiger partial charge >= 0.3 is 6.03 Å². The zero-order chi connectivity index (χ0) is 56.5. The van der Waals surface area contributed by atoms with Gasteiger partial charge in [-0.3, -0.25) is 33.7 Å². The SMILES string of the molecule is C=C(NCc1nc(C(=O)N[C@@H](c2nc(-c3cc(F)ccc3F)cn2Cc2ccccc2)C(C)(C)C)cs1)OCc1ccc(NC(=O)[C@H](CCCNC(N)=O)NC(=O)[C@@H](NC(=O)CCCCCN2C(=O)C=CC2=O)C(C)C)cc1. The van der Waals surface area contributed by atoms with Crippen molar-refractivity contribution in [2.24, 2.45) is 17.1 Å². The standard InChI is InChI=1S/C56H67F2N11O8S/c1-34(2)49(66-45(70)17-11-8-12-27-69-47(71)24-25-48(69)72)54(75)65-42(16-13-26-60-55(59)76)52(73)62-39-21-18-37(19-22-39)32-77-35(3)61-29-46-63-44(33-78-46)53(74)67-50(56(4,5)6)51-64-43(40-28-38(57)20-23-41(40)58)31-68(51)30-36-14-9-7-10-15-36/h7,9-10,14-15,18-25,28,31,33-34,42,49-50,61H,3,8,11-13,16-17,26-27,29-30,32H2,1-2,4-6H3,(H,62,73)(H,65,75)(H,66,70)(H,67,74)(H3,59,60,76)/t42-,49-,50-/m0/s1. The molecule has 2 aromatic heterocycles. The van der Waals surface area contributed by atoms with Crippen LogP contribution in [-0.2, 0) is 48.4 Å². The van der Waals surface area contributed by atoms with Gasteiger partial charge in [0.1, 0.15) is 46.9 Å². The summed E-state index contributed by atoms with van der Waals surface area (Å²) < 4.78 is 37.0. The van der Waals surface area contributed by atoms with E-state index in [1.807, 2.05) is 55.7 Å². The number of amides is 8. The molecule has 0 bridgehead atoms. The number of rotatable bonds is 28. The predicted molar refractivity (Wildman–Crippen MR) is 291 cm³/mol. The van der Waals surface area contributed by atoms with E-state index in [1.54, 1.807) is 49.7 Å². The maximum atomic E-state index is 15.0. The molecule has 1 aliphatic rings. The van der Waals surface area contributed by atoms with Gasteiger partial charge in [-0.25, -0.2) is 23.5 Å². The van der Waals surface area contributed by atoms with Gasteiger partial charge in [0.05, 0.1) is 18.3 Å². The lowest BCUT2D eigenvalue weighted by molar-refractivity contribution is -0.137. The molecule has 3 aromatic carbocycles. The molecule has 0 aliphatic carbocycles. The van der Waals surface area contributed by atoms with E-state index in [0.29, 0.717) is 48.7 Å². The van der Waals surface area contributed by atoms with Crippen LogP contribution in [0.15, 0.2) is 109 Å². The summed E-state index contributed by atoms with van der Waals surface area (Å²) in [7, 11) is 0. The number of thiazole rings is 1. The lowest BCUT2D eigenvalue weighted by Gasteiger charge is -2.31. The number of ether oxygens (including phenoxy) is 1. The molecule has 0 spiro atoms.